The first-order valence-corrected chi connectivity index (χ1v) is 6.47. The molecule has 7 nitrogen and oxygen atoms in total. The number of nitrogen functional groups attached to an aromatic ring is 1. The predicted molar refractivity (Wildman–Crippen MR) is 73.7 cm³/mol. The molecule has 2 heterocycles. The van der Waals surface area contributed by atoms with Gasteiger partial charge in [-0.25, -0.2) is 15.8 Å². The molecule has 0 aromatic carbocycles. The van der Waals surface area contributed by atoms with E-state index in [0.29, 0.717) is 18.9 Å². The molecule has 0 atom stereocenters. The van der Waals surface area contributed by atoms with E-state index in [-0.39, 0.29) is 5.91 Å². The molecule has 0 radical (unpaired) electrons. The average molecular weight is 264 g/mol. The Morgan fingerprint density at radius 3 is 2.84 bits per heavy atom. The third kappa shape index (κ3) is 3.11. The van der Waals surface area contributed by atoms with Gasteiger partial charge in [-0.05, 0) is 6.42 Å². The monoisotopic (exact) mass is 264 g/mol. The van der Waals surface area contributed by atoms with Crippen LogP contribution < -0.4 is 16.2 Å². The zero-order valence-corrected chi connectivity index (χ0v) is 11.4. The minimum absolute atomic E-state index is 0.101. The minimum atomic E-state index is 0.101. The highest BCUT2D eigenvalue weighted by Gasteiger charge is 2.22. The van der Waals surface area contributed by atoms with Crippen molar-refractivity contribution >= 4 is 17.5 Å². The molecule has 1 aliphatic rings. The first-order chi connectivity index (χ1) is 9.13. The van der Waals surface area contributed by atoms with Gasteiger partial charge in [0.05, 0.1) is 6.54 Å². The molecule has 1 amide bonds. The molecule has 19 heavy (non-hydrogen) atoms. The summed E-state index contributed by atoms with van der Waals surface area (Å²) in [6.07, 6.45) is 1.76. The van der Waals surface area contributed by atoms with Crippen LogP contribution in [0.25, 0.3) is 0 Å². The first kappa shape index (κ1) is 13.5. The fraction of sp³-hybridized carbons (Fsp3) is 0.583. The van der Waals surface area contributed by atoms with Gasteiger partial charge in [-0.15, -0.1) is 0 Å². The number of carbonyl (C=O) groups excluding carboxylic acids is 1. The smallest absolute Gasteiger partial charge is 0.241 e. The SMILES string of the molecule is CCCc1nc(NN)cc(N2CCN(C)C(=O)C2)n1. The molecule has 0 bridgehead atoms. The lowest BCUT2D eigenvalue weighted by Gasteiger charge is -2.32. The van der Waals surface area contributed by atoms with Crippen LogP contribution in [-0.2, 0) is 11.2 Å². The molecule has 3 N–H and O–H groups in total. The van der Waals surface area contributed by atoms with E-state index < -0.39 is 0 Å². The molecule has 0 saturated carbocycles. The number of carbonyl (C=O) groups is 1. The van der Waals surface area contributed by atoms with Crippen molar-refractivity contribution in [2.45, 2.75) is 19.8 Å². The highest BCUT2D eigenvalue weighted by atomic mass is 16.2. The maximum atomic E-state index is 11.7. The molecule has 1 fully saturated rings. The summed E-state index contributed by atoms with van der Waals surface area (Å²) in [5, 5.41) is 0. The van der Waals surface area contributed by atoms with Gasteiger partial charge in [0.25, 0.3) is 0 Å². The van der Waals surface area contributed by atoms with Crippen molar-refractivity contribution in [3.8, 4) is 0 Å². The number of amides is 1. The van der Waals surface area contributed by atoms with E-state index in [1.807, 2.05) is 11.9 Å². The molecule has 1 aliphatic heterocycles. The maximum Gasteiger partial charge on any atom is 0.241 e. The number of hydrogen-bond donors (Lipinski definition) is 2. The third-order valence-electron chi connectivity index (χ3n) is 3.16. The number of nitrogens with two attached hydrogens (primary N) is 1. The molecule has 104 valence electrons. The lowest BCUT2D eigenvalue weighted by atomic mass is 10.3. The Morgan fingerprint density at radius 2 is 2.21 bits per heavy atom. The van der Waals surface area contributed by atoms with Gasteiger partial charge in [0.2, 0.25) is 5.91 Å². The molecule has 7 heteroatoms. The molecule has 0 unspecified atom stereocenters. The zero-order valence-electron chi connectivity index (χ0n) is 11.4. The quantitative estimate of drug-likeness (QED) is 0.587. The predicted octanol–water partition coefficient (Wildman–Crippen LogP) is -0.00690. The number of piperazine rings is 1. The second kappa shape index (κ2) is 5.83. The van der Waals surface area contributed by atoms with Crippen LogP contribution in [0.3, 0.4) is 0 Å². The van der Waals surface area contributed by atoms with E-state index in [0.717, 1.165) is 31.0 Å². The van der Waals surface area contributed by atoms with Gasteiger partial charge in [0.1, 0.15) is 17.5 Å². The molecule has 0 aliphatic carbocycles. The van der Waals surface area contributed by atoms with Crippen LogP contribution in [0, 0.1) is 0 Å². The minimum Gasteiger partial charge on any atom is -0.345 e. The number of rotatable bonds is 4. The van der Waals surface area contributed by atoms with E-state index in [9.17, 15) is 4.79 Å². The van der Waals surface area contributed by atoms with Crippen molar-refractivity contribution < 1.29 is 4.79 Å². The van der Waals surface area contributed by atoms with Gasteiger partial charge in [-0.3, -0.25) is 4.79 Å². The number of likely N-dealkylation sites (N-methyl/N-ethyl adjacent to an activating group) is 1. The molecule has 1 aromatic heterocycles. The highest BCUT2D eigenvalue weighted by Crippen LogP contribution is 2.18. The van der Waals surface area contributed by atoms with Crippen LogP contribution in [0.1, 0.15) is 19.2 Å². The number of aryl methyl sites for hydroxylation is 1. The molecule has 2 rings (SSSR count). The Bertz CT molecular complexity index is 464. The largest absolute Gasteiger partial charge is 0.345 e. The van der Waals surface area contributed by atoms with Crippen LogP contribution in [0.15, 0.2) is 6.07 Å². The van der Waals surface area contributed by atoms with Gasteiger partial charge >= 0.3 is 0 Å². The summed E-state index contributed by atoms with van der Waals surface area (Å²) in [6, 6.07) is 1.78. The zero-order chi connectivity index (χ0) is 13.8. The highest BCUT2D eigenvalue weighted by molar-refractivity contribution is 5.82. The number of nitrogens with one attached hydrogen (secondary N) is 1. The van der Waals surface area contributed by atoms with Crippen LogP contribution in [0.5, 0.6) is 0 Å². The van der Waals surface area contributed by atoms with Gasteiger partial charge in [-0.2, -0.15) is 0 Å². The van der Waals surface area contributed by atoms with Gasteiger partial charge in [0, 0.05) is 32.6 Å². The fourth-order valence-corrected chi connectivity index (χ4v) is 2.01. The van der Waals surface area contributed by atoms with E-state index in [4.69, 9.17) is 5.84 Å². The van der Waals surface area contributed by atoms with Crippen molar-refractivity contribution in [1.29, 1.82) is 0 Å². The number of hydrazine groups is 1. The Hall–Kier alpha value is -1.89. The molecule has 0 spiro atoms. The van der Waals surface area contributed by atoms with Crippen molar-refractivity contribution in [3.05, 3.63) is 11.9 Å². The van der Waals surface area contributed by atoms with E-state index >= 15 is 0 Å². The van der Waals surface area contributed by atoms with E-state index in [2.05, 4.69) is 22.3 Å². The first-order valence-electron chi connectivity index (χ1n) is 6.47. The Labute approximate surface area is 112 Å². The Balaban J connectivity index is 2.23. The molecular formula is C12H20N6O. The maximum absolute atomic E-state index is 11.7. The summed E-state index contributed by atoms with van der Waals surface area (Å²) in [6.45, 7) is 3.90. The van der Waals surface area contributed by atoms with E-state index in [1.165, 1.54) is 0 Å². The Kier molecular flexibility index (Phi) is 4.16. The van der Waals surface area contributed by atoms with Gasteiger partial charge in [-0.1, -0.05) is 6.92 Å². The number of anilines is 2. The normalized spacial score (nSPS) is 15.8. The van der Waals surface area contributed by atoms with Crippen LogP contribution in [-0.4, -0.2) is 47.5 Å². The summed E-state index contributed by atoms with van der Waals surface area (Å²) >= 11 is 0. The summed E-state index contributed by atoms with van der Waals surface area (Å²) in [7, 11) is 1.81. The standard InChI is InChI=1S/C12H20N6O/c1-3-4-9-14-10(16-13)7-11(15-9)18-6-5-17(2)12(19)8-18/h7H,3-6,8,13H2,1-2H3,(H,14,15,16). The average Bonchev–Trinajstić information content (AvgIpc) is 2.42. The molecular weight excluding hydrogens is 244 g/mol. The fourth-order valence-electron chi connectivity index (χ4n) is 2.01. The number of hydrogen-bond acceptors (Lipinski definition) is 6. The van der Waals surface area contributed by atoms with E-state index in [1.54, 1.807) is 11.0 Å². The van der Waals surface area contributed by atoms with Crippen LogP contribution in [0.2, 0.25) is 0 Å². The third-order valence-corrected chi connectivity index (χ3v) is 3.16. The summed E-state index contributed by atoms with van der Waals surface area (Å²) in [4.78, 5) is 24.2. The van der Waals surface area contributed by atoms with Crippen molar-refractivity contribution in [3.63, 3.8) is 0 Å². The lowest BCUT2D eigenvalue weighted by molar-refractivity contribution is -0.129. The van der Waals surface area contributed by atoms with Crippen molar-refractivity contribution in [1.82, 2.24) is 14.9 Å². The summed E-state index contributed by atoms with van der Waals surface area (Å²) in [5.41, 5.74) is 2.55. The lowest BCUT2D eigenvalue weighted by Crippen LogP contribution is -2.49. The van der Waals surface area contributed by atoms with Crippen molar-refractivity contribution in [2.75, 3.05) is 37.0 Å². The van der Waals surface area contributed by atoms with Gasteiger partial charge in [0.15, 0.2) is 0 Å². The van der Waals surface area contributed by atoms with Crippen molar-refractivity contribution in [2.24, 2.45) is 5.84 Å². The topological polar surface area (TPSA) is 87.4 Å². The Morgan fingerprint density at radius 1 is 1.42 bits per heavy atom. The number of nitrogens with zero attached hydrogens (tertiary/aromatic N) is 4. The van der Waals surface area contributed by atoms with Crippen LogP contribution in [0.4, 0.5) is 11.6 Å². The van der Waals surface area contributed by atoms with Gasteiger partial charge < -0.3 is 15.2 Å². The second-order valence-corrected chi connectivity index (χ2v) is 4.66. The van der Waals surface area contributed by atoms with Crippen LogP contribution >= 0.6 is 0 Å². The summed E-state index contributed by atoms with van der Waals surface area (Å²) in [5.74, 6) is 7.62. The second-order valence-electron chi connectivity index (χ2n) is 4.66. The molecule has 1 aromatic rings. The molecule has 1 saturated heterocycles. The summed E-state index contributed by atoms with van der Waals surface area (Å²) < 4.78 is 0. The number of aromatic nitrogens is 2.